The minimum atomic E-state index is -4.32. The molecular formula is C8H5F3N4S. The van der Waals surface area contributed by atoms with Crippen LogP contribution in [0, 0.1) is 0 Å². The van der Waals surface area contributed by atoms with E-state index in [-0.39, 0.29) is 0 Å². The van der Waals surface area contributed by atoms with Gasteiger partial charge in [0.2, 0.25) is 5.13 Å². The molecule has 0 radical (unpaired) electrons. The predicted octanol–water partition coefficient (Wildman–Crippen LogP) is 2.70. The van der Waals surface area contributed by atoms with Crippen LogP contribution < -0.4 is 5.32 Å². The van der Waals surface area contributed by atoms with Crippen LogP contribution in [0.1, 0.15) is 5.56 Å². The number of rotatable bonds is 2. The number of halogens is 3. The zero-order chi connectivity index (χ0) is 11.6. The van der Waals surface area contributed by atoms with Gasteiger partial charge < -0.3 is 5.32 Å². The highest BCUT2D eigenvalue weighted by molar-refractivity contribution is 7.09. The van der Waals surface area contributed by atoms with Gasteiger partial charge in [0.25, 0.3) is 0 Å². The molecule has 16 heavy (non-hydrogen) atoms. The SMILES string of the molecule is FC(F)(F)c1ccc(Nc2nnns2)cc1. The lowest BCUT2D eigenvalue weighted by Gasteiger charge is -2.07. The van der Waals surface area contributed by atoms with E-state index >= 15 is 0 Å². The molecule has 4 nitrogen and oxygen atoms in total. The largest absolute Gasteiger partial charge is 0.416 e. The normalized spacial score (nSPS) is 11.4. The Kier molecular flexibility index (Phi) is 2.73. The second-order valence-corrected chi connectivity index (χ2v) is 3.60. The van der Waals surface area contributed by atoms with Gasteiger partial charge in [0, 0.05) is 17.2 Å². The lowest BCUT2D eigenvalue weighted by Crippen LogP contribution is -2.04. The van der Waals surface area contributed by atoms with Crippen LogP contribution in [-0.2, 0) is 6.18 Å². The summed E-state index contributed by atoms with van der Waals surface area (Å²) in [6.45, 7) is 0. The summed E-state index contributed by atoms with van der Waals surface area (Å²) in [6, 6.07) is 4.64. The highest BCUT2D eigenvalue weighted by Gasteiger charge is 2.29. The smallest absolute Gasteiger partial charge is 0.329 e. The molecule has 84 valence electrons. The van der Waals surface area contributed by atoms with Gasteiger partial charge in [0.1, 0.15) is 0 Å². The van der Waals surface area contributed by atoms with E-state index in [0.29, 0.717) is 10.8 Å². The van der Waals surface area contributed by atoms with E-state index in [4.69, 9.17) is 0 Å². The molecule has 0 saturated carbocycles. The van der Waals surface area contributed by atoms with Crippen molar-refractivity contribution in [2.75, 3.05) is 5.32 Å². The Bertz CT molecular complexity index is 451. The maximum Gasteiger partial charge on any atom is 0.416 e. The third kappa shape index (κ3) is 2.45. The van der Waals surface area contributed by atoms with Crippen LogP contribution in [0.3, 0.4) is 0 Å². The Morgan fingerprint density at radius 1 is 1.12 bits per heavy atom. The molecule has 0 amide bonds. The number of nitrogens with zero attached hydrogens (tertiary/aromatic N) is 3. The number of nitrogens with one attached hydrogen (secondary N) is 1. The van der Waals surface area contributed by atoms with Crippen molar-refractivity contribution in [1.29, 1.82) is 0 Å². The predicted molar refractivity (Wildman–Crippen MR) is 52.4 cm³/mol. The van der Waals surface area contributed by atoms with E-state index in [1.807, 2.05) is 0 Å². The van der Waals surface area contributed by atoms with Gasteiger partial charge in [-0.3, -0.25) is 0 Å². The van der Waals surface area contributed by atoms with Crippen molar-refractivity contribution >= 4 is 22.4 Å². The third-order valence-electron chi connectivity index (χ3n) is 1.76. The standard InChI is InChI=1S/C8H5F3N4S/c9-8(10,11)5-1-3-6(4-2-5)12-7-13-14-15-16-7/h1-4H,(H,12,13,15). The van der Waals surface area contributed by atoms with E-state index in [1.54, 1.807) is 0 Å². The molecule has 0 atom stereocenters. The van der Waals surface area contributed by atoms with Crippen molar-refractivity contribution in [3.05, 3.63) is 29.8 Å². The van der Waals surface area contributed by atoms with Crippen molar-refractivity contribution < 1.29 is 13.2 Å². The molecule has 2 rings (SSSR count). The summed E-state index contributed by atoms with van der Waals surface area (Å²) in [5, 5.41) is 10.2. The van der Waals surface area contributed by atoms with E-state index < -0.39 is 11.7 Å². The van der Waals surface area contributed by atoms with E-state index in [0.717, 1.165) is 23.7 Å². The Balaban J connectivity index is 2.14. The summed E-state index contributed by atoms with van der Waals surface area (Å²) in [6.07, 6.45) is -4.32. The van der Waals surface area contributed by atoms with E-state index in [9.17, 15) is 13.2 Å². The van der Waals surface area contributed by atoms with Crippen LogP contribution in [0.2, 0.25) is 0 Å². The van der Waals surface area contributed by atoms with Crippen LogP contribution in [-0.4, -0.2) is 14.8 Å². The summed E-state index contributed by atoms with van der Waals surface area (Å²) in [5.74, 6) is 0. The fraction of sp³-hybridized carbons (Fsp3) is 0.125. The van der Waals surface area contributed by atoms with Gasteiger partial charge in [-0.15, -0.1) is 0 Å². The van der Waals surface area contributed by atoms with Crippen LogP contribution >= 0.6 is 11.5 Å². The Labute approximate surface area is 92.3 Å². The minimum absolute atomic E-state index is 0.430. The highest BCUT2D eigenvalue weighted by Crippen LogP contribution is 2.30. The highest BCUT2D eigenvalue weighted by atomic mass is 32.1. The molecule has 8 heteroatoms. The van der Waals surface area contributed by atoms with Gasteiger partial charge >= 0.3 is 6.18 Å². The molecule has 2 aromatic rings. The molecule has 0 aliphatic heterocycles. The molecule has 0 aliphatic rings. The van der Waals surface area contributed by atoms with Crippen LogP contribution in [0.5, 0.6) is 0 Å². The molecule has 0 bridgehead atoms. The minimum Gasteiger partial charge on any atom is -0.329 e. The summed E-state index contributed by atoms with van der Waals surface area (Å²) < 4.78 is 40.3. The van der Waals surface area contributed by atoms with Gasteiger partial charge in [-0.25, -0.2) is 0 Å². The van der Waals surface area contributed by atoms with E-state index in [1.165, 1.54) is 12.1 Å². The van der Waals surface area contributed by atoms with Crippen molar-refractivity contribution in [3.63, 3.8) is 0 Å². The molecule has 0 aliphatic carbocycles. The fourth-order valence-corrected chi connectivity index (χ4v) is 1.43. The number of aromatic nitrogens is 3. The zero-order valence-electron chi connectivity index (χ0n) is 7.69. The first-order valence-electron chi connectivity index (χ1n) is 4.15. The van der Waals surface area contributed by atoms with Gasteiger partial charge in [-0.1, -0.05) is 9.59 Å². The second-order valence-electron chi connectivity index (χ2n) is 2.87. The maximum atomic E-state index is 12.2. The molecule has 0 spiro atoms. The van der Waals surface area contributed by atoms with Crippen molar-refractivity contribution in [1.82, 2.24) is 14.8 Å². The maximum absolute atomic E-state index is 12.2. The Morgan fingerprint density at radius 2 is 1.81 bits per heavy atom. The summed E-state index contributed by atoms with van der Waals surface area (Å²) in [5.41, 5.74) is -0.181. The molecular weight excluding hydrogens is 241 g/mol. The van der Waals surface area contributed by atoms with Crippen LogP contribution in [0.15, 0.2) is 24.3 Å². The molecule has 0 unspecified atom stereocenters. The van der Waals surface area contributed by atoms with Crippen molar-refractivity contribution in [2.45, 2.75) is 6.18 Å². The Morgan fingerprint density at radius 3 is 2.31 bits per heavy atom. The molecule has 1 heterocycles. The monoisotopic (exact) mass is 246 g/mol. The average molecular weight is 246 g/mol. The number of benzene rings is 1. The second kappa shape index (κ2) is 4.05. The first-order valence-corrected chi connectivity index (χ1v) is 4.92. The molecule has 0 saturated heterocycles. The lowest BCUT2D eigenvalue weighted by atomic mass is 10.2. The van der Waals surface area contributed by atoms with Crippen LogP contribution in [0.4, 0.5) is 24.0 Å². The number of hydrogen-bond acceptors (Lipinski definition) is 5. The molecule has 1 aromatic heterocycles. The summed E-state index contributed by atoms with van der Waals surface area (Å²) in [7, 11) is 0. The van der Waals surface area contributed by atoms with Crippen molar-refractivity contribution in [3.8, 4) is 0 Å². The van der Waals surface area contributed by atoms with Gasteiger partial charge in [0.05, 0.1) is 5.56 Å². The fourth-order valence-electron chi connectivity index (χ4n) is 1.05. The zero-order valence-corrected chi connectivity index (χ0v) is 8.51. The molecule has 1 aromatic carbocycles. The third-order valence-corrected chi connectivity index (χ3v) is 2.27. The average Bonchev–Trinajstić information content (AvgIpc) is 2.70. The van der Waals surface area contributed by atoms with Crippen molar-refractivity contribution in [2.24, 2.45) is 0 Å². The number of hydrogen-bond donors (Lipinski definition) is 1. The number of anilines is 2. The van der Waals surface area contributed by atoms with Gasteiger partial charge in [-0.05, 0) is 29.5 Å². The van der Waals surface area contributed by atoms with Crippen LogP contribution in [0.25, 0.3) is 0 Å². The van der Waals surface area contributed by atoms with Gasteiger partial charge in [0.15, 0.2) is 0 Å². The topological polar surface area (TPSA) is 50.7 Å². The molecule has 1 N–H and O–H groups in total. The Hall–Kier alpha value is -1.70. The van der Waals surface area contributed by atoms with E-state index in [2.05, 4.69) is 20.1 Å². The number of alkyl halides is 3. The summed E-state index contributed by atoms with van der Waals surface area (Å²) >= 11 is 1.02. The summed E-state index contributed by atoms with van der Waals surface area (Å²) in [4.78, 5) is 0. The van der Waals surface area contributed by atoms with Gasteiger partial charge in [-0.2, -0.15) is 13.2 Å². The molecule has 0 fully saturated rings. The quantitative estimate of drug-likeness (QED) is 0.885. The lowest BCUT2D eigenvalue weighted by molar-refractivity contribution is -0.137. The first kappa shape index (κ1) is 10.8. The first-order chi connectivity index (χ1) is 7.55.